The molecule has 0 N–H and O–H groups in total. The summed E-state index contributed by atoms with van der Waals surface area (Å²) in [6.45, 7) is 2.14. The third-order valence-electron chi connectivity index (χ3n) is 4.93. The molecular weight excluding hydrogens is 304 g/mol. The van der Waals surface area contributed by atoms with Crippen molar-refractivity contribution in [2.75, 3.05) is 19.7 Å². The molecule has 1 saturated heterocycles. The maximum absolute atomic E-state index is 12.7. The number of aromatic nitrogens is 3. The Hall–Kier alpha value is -2.89. The average molecular weight is 320 g/mol. The Balaban J connectivity index is 1.33. The lowest BCUT2D eigenvalue weighted by atomic mass is 9.73. The molecule has 0 unspecified atom stereocenters. The van der Waals surface area contributed by atoms with E-state index < -0.39 is 0 Å². The molecule has 4 heterocycles. The van der Waals surface area contributed by atoms with Gasteiger partial charge in [0.05, 0.1) is 12.2 Å². The number of rotatable bonds is 1. The molecule has 24 heavy (non-hydrogen) atoms. The van der Waals surface area contributed by atoms with Gasteiger partial charge in [-0.25, -0.2) is 9.50 Å². The van der Waals surface area contributed by atoms with E-state index in [0.717, 1.165) is 30.9 Å². The molecule has 2 aliphatic rings. The maximum Gasteiger partial charge on any atom is 0.255 e. The summed E-state index contributed by atoms with van der Waals surface area (Å²) < 4.78 is 7.53. The van der Waals surface area contributed by atoms with E-state index in [4.69, 9.17) is 4.74 Å². The second-order valence-electron chi connectivity index (χ2n) is 6.71. The highest BCUT2D eigenvalue weighted by Crippen LogP contribution is 2.41. The molecule has 1 amide bonds. The van der Waals surface area contributed by atoms with Gasteiger partial charge in [-0.3, -0.25) is 4.79 Å². The molecule has 0 aliphatic carbocycles. The summed E-state index contributed by atoms with van der Waals surface area (Å²) in [4.78, 5) is 18.7. The van der Waals surface area contributed by atoms with Gasteiger partial charge in [0.2, 0.25) is 0 Å². The third kappa shape index (κ3) is 1.99. The van der Waals surface area contributed by atoms with Crippen molar-refractivity contribution < 1.29 is 9.53 Å². The Kier molecular flexibility index (Phi) is 2.71. The largest absolute Gasteiger partial charge is 0.493 e. The van der Waals surface area contributed by atoms with E-state index in [0.29, 0.717) is 12.2 Å². The van der Waals surface area contributed by atoms with Crippen molar-refractivity contribution in [1.29, 1.82) is 0 Å². The smallest absolute Gasteiger partial charge is 0.255 e. The zero-order chi connectivity index (χ0) is 16.1. The average Bonchev–Trinajstić information content (AvgIpc) is 3.06. The van der Waals surface area contributed by atoms with Gasteiger partial charge in [0, 0.05) is 24.7 Å². The number of ether oxygens (including phenoxy) is 1. The molecule has 2 aromatic heterocycles. The van der Waals surface area contributed by atoms with Gasteiger partial charge < -0.3 is 9.64 Å². The zero-order valence-electron chi connectivity index (χ0n) is 13.1. The van der Waals surface area contributed by atoms with Crippen molar-refractivity contribution >= 4 is 11.6 Å². The standard InChI is InChI=1S/C18H16N4O2/c23-17(14-5-6-16-19-12-20-22(16)8-14)21-9-18(10-21)7-13-3-1-2-4-15(13)24-11-18/h1-6,8,12H,7,9-11H2. The molecule has 6 nitrogen and oxygen atoms in total. The lowest BCUT2D eigenvalue weighted by molar-refractivity contribution is -0.0291. The first-order chi connectivity index (χ1) is 11.7. The number of fused-ring (bicyclic) bond motifs is 2. The fraction of sp³-hybridized carbons (Fsp3) is 0.278. The Morgan fingerprint density at radius 1 is 1.17 bits per heavy atom. The van der Waals surface area contributed by atoms with Gasteiger partial charge in [0.25, 0.3) is 5.91 Å². The second-order valence-corrected chi connectivity index (χ2v) is 6.71. The molecule has 5 rings (SSSR count). The van der Waals surface area contributed by atoms with Crippen LogP contribution in [0, 0.1) is 5.41 Å². The number of amides is 1. The lowest BCUT2D eigenvalue weighted by Gasteiger charge is -2.51. The first-order valence-corrected chi connectivity index (χ1v) is 8.02. The number of carbonyl (C=O) groups excluding carboxylic acids is 1. The van der Waals surface area contributed by atoms with Gasteiger partial charge >= 0.3 is 0 Å². The number of benzene rings is 1. The van der Waals surface area contributed by atoms with Crippen molar-refractivity contribution in [3.8, 4) is 5.75 Å². The van der Waals surface area contributed by atoms with Crippen LogP contribution in [0.25, 0.3) is 5.65 Å². The van der Waals surface area contributed by atoms with Crippen LogP contribution in [0.2, 0.25) is 0 Å². The Morgan fingerprint density at radius 2 is 2.04 bits per heavy atom. The molecule has 0 bridgehead atoms. The molecule has 3 aromatic rings. The molecule has 120 valence electrons. The summed E-state index contributed by atoms with van der Waals surface area (Å²) in [6, 6.07) is 11.8. The summed E-state index contributed by atoms with van der Waals surface area (Å²) in [5, 5.41) is 4.09. The van der Waals surface area contributed by atoms with Crippen LogP contribution >= 0.6 is 0 Å². The number of para-hydroxylation sites is 1. The first kappa shape index (κ1) is 13.5. The van der Waals surface area contributed by atoms with E-state index in [1.165, 1.54) is 11.9 Å². The van der Waals surface area contributed by atoms with E-state index >= 15 is 0 Å². The normalized spacial score (nSPS) is 18.1. The molecule has 6 heteroatoms. The van der Waals surface area contributed by atoms with Crippen LogP contribution in [-0.2, 0) is 6.42 Å². The molecule has 0 saturated carbocycles. The zero-order valence-corrected chi connectivity index (χ0v) is 13.1. The lowest BCUT2D eigenvalue weighted by Crippen LogP contribution is -2.62. The molecule has 1 spiro atoms. The van der Waals surface area contributed by atoms with Gasteiger partial charge in [0.15, 0.2) is 5.65 Å². The van der Waals surface area contributed by atoms with Crippen LogP contribution in [0.3, 0.4) is 0 Å². The van der Waals surface area contributed by atoms with Gasteiger partial charge in [-0.1, -0.05) is 18.2 Å². The third-order valence-corrected chi connectivity index (χ3v) is 4.93. The maximum atomic E-state index is 12.7. The molecule has 2 aliphatic heterocycles. The van der Waals surface area contributed by atoms with E-state index in [-0.39, 0.29) is 11.3 Å². The predicted molar refractivity (Wildman–Crippen MR) is 87.0 cm³/mol. The van der Waals surface area contributed by atoms with E-state index in [1.807, 2.05) is 35.2 Å². The van der Waals surface area contributed by atoms with Crippen LogP contribution < -0.4 is 4.74 Å². The van der Waals surface area contributed by atoms with E-state index in [9.17, 15) is 4.79 Å². The molecule has 0 radical (unpaired) electrons. The van der Waals surface area contributed by atoms with Crippen LogP contribution in [0.1, 0.15) is 15.9 Å². The van der Waals surface area contributed by atoms with Crippen LogP contribution in [0.4, 0.5) is 0 Å². The highest BCUT2D eigenvalue weighted by atomic mass is 16.5. The Bertz CT molecular complexity index is 943. The molecule has 1 fully saturated rings. The summed E-state index contributed by atoms with van der Waals surface area (Å²) in [7, 11) is 0. The van der Waals surface area contributed by atoms with E-state index in [2.05, 4.69) is 16.1 Å². The van der Waals surface area contributed by atoms with E-state index in [1.54, 1.807) is 10.7 Å². The minimum absolute atomic E-state index is 0.0388. The summed E-state index contributed by atoms with van der Waals surface area (Å²) in [6.07, 6.45) is 4.19. The fourth-order valence-electron chi connectivity index (χ4n) is 3.71. The number of hydrogen-bond donors (Lipinski definition) is 0. The minimum Gasteiger partial charge on any atom is -0.493 e. The number of carbonyl (C=O) groups is 1. The van der Waals surface area contributed by atoms with Crippen LogP contribution in [0.15, 0.2) is 48.9 Å². The predicted octanol–water partition coefficient (Wildman–Crippen LogP) is 1.81. The Labute approximate surface area is 138 Å². The molecular formula is C18H16N4O2. The van der Waals surface area contributed by atoms with Crippen molar-refractivity contribution in [3.05, 3.63) is 60.0 Å². The highest BCUT2D eigenvalue weighted by molar-refractivity contribution is 5.94. The second kappa shape index (κ2) is 4.80. The number of hydrogen-bond acceptors (Lipinski definition) is 4. The van der Waals surface area contributed by atoms with Crippen LogP contribution in [0.5, 0.6) is 5.75 Å². The quantitative estimate of drug-likeness (QED) is 0.686. The van der Waals surface area contributed by atoms with Crippen molar-refractivity contribution in [2.24, 2.45) is 5.41 Å². The van der Waals surface area contributed by atoms with Crippen LogP contribution in [-0.4, -0.2) is 45.1 Å². The van der Waals surface area contributed by atoms with Crippen molar-refractivity contribution in [1.82, 2.24) is 19.5 Å². The monoisotopic (exact) mass is 320 g/mol. The van der Waals surface area contributed by atoms with Crippen molar-refractivity contribution in [3.63, 3.8) is 0 Å². The minimum atomic E-state index is 0.0388. The summed E-state index contributed by atoms with van der Waals surface area (Å²) in [5.41, 5.74) is 2.67. The fourth-order valence-corrected chi connectivity index (χ4v) is 3.71. The summed E-state index contributed by atoms with van der Waals surface area (Å²) in [5.74, 6) is 1.02. The number of pyridine rings is 1. The van der Waals surface area contributed by atoms with Gasteiger partial charge in [-0.05, 0) is 30.2 Å². The topological polar surface area (TPSA) is 59.7 Å². The number of nitrogens with zero attached hydrogens (tertiary/aromatic N) is 4. The Morgan fingerprint density at radius 3 is 2.96 bits per heavy atom. The SMILES string of the molecule is O=C(c1ccc2ncnn2c1)N1CC2(COc3ccccc3C2)C1. The van der Waals surface area contributed by atoms with Crippen molar-refractivity contribution in [2.45, 2.75) is 6.42 Å². The molecule has 0 atom stereocenters. The number of likely N-dealkylation sites (tertiary alicyclic amines) is 1. The highest BCUT2D eigenvalue weighted by Gasteiger charge is 2.48. The summed E-state index contributed by atoms with van der Waals surface area (Å²) >= 11 is 0. The molecule has 1 aromatic carbocycles. The van der Waals surface area contributed by atoms with Gasteiger partial charge in [-0.15, -0.1) is 0 Å². The van der Waals surface area contributed by atoms with Gasteiger partial charge in [0.1, 0.15) is 12.1 Å². The first-order valence-electron chi connectivity index (χ1n) is 8.02. The van der Waals surface area contributed by atoms with Gasteiger partial charge in [-0.2, -0.15) is 5.10 Å².